The maximum Gasteiger partial charge on any atom is 0.0608 e. The van der Waals surface area contributed by atoms with E-state index in [9.17, 15) is 0 Å². The zero-order valence-electron chi connectivity index (χ0n) is 14.0. The van der Waals surface area contributed by atoms with E-state index in [0.29, 0.717) is 5.92 Å². The van der Waals surface area contributed by atoms with Gasteiger partial charge in [0.15, 0.2) is 0 Å². The second kappa shape index (κ2) is 6.85. The standard InChI is InChI=1S/C20H23ClN2O/c1-15-2-3-17(16-4-6-19(21)7-5-16)12-20(15)18-13-22-8-10-24-11-9-23(22)14-18/h2-7,12,18H,8-11,13-14H2,1H3. The Kier molecular flexibility index (Phi) is 4.59. The highest BCUT2D eigenvalue weighted by molar-refractivity contribution is 6.30. The molecule has 0 aromatic heterocycles. The fourth-order valence-corrected chi connectivity index (χ4v) is 3.93. The van der Waals surface area contributed by atoms with Gasteiger partial charge in [0.25, 0.3) is 0 Å². The Morgan fingerprint density at radius 1 is 0.917 bits per heavy atom. The van der Waals surface area contributed by atoms with Crippen LogP contribution >= 0.6 is 11.6 Å². The minimum absolute atomic E-state index is 0.565. The molecule has 2 aromatic rings. The smallest absolute Gasteiger partial charge is 0.0608 e. The van der Waals surface area contributed by atoms with Crippen LogP contribution < -0.4 is 0 Å². The lowest BCUT2D eigenvalue weighted by atomic mass is 9.91. The van der Waals surface area contributed by atoms with Crippen LogP contribution in [0.2, 0.25) is 5.02 Å². The van der Waals surface area contributed by atoms with Crippen molar-refractivity contribution in [1.82, 2.24) is 10.0 Å². The van der Waals surface area contributed by atoms with E-state index >= 15 is 0 Å². The molecule has 2 aliphatic rings. The summed E-state index contributed by atoms with van der Waals surface area (Å²) in [5.41, 5.74) is 5.35. The molecule has 24 heavy (non-hydrogen) atoms. The van der Waals surface area contributed by atoms with Gasteiger partial charge in [-0.1, -0.05) is 41.9 Å². The van der Waals surface area contributed by atoms with Gasteiger partial charge in [0.2, 0.25) is 0 Å². The molecule has 4 rings (SSSR count). The van der Waals surface area contributed by atoms with E-state index in [1.54, 1.807) is 0 Å². The quantitative estimate of drug-likeness (QED) is 0.821. The van der Waals surface area contributed by atoms with Crippen molar-refractivity contribution in [1.29, 1.82) is 0 Å². The number of ether oxygens (including phenoxy) is 1. The summed E-state index contributed by atoms with van der Waals surface area (Å²) in [4.78, 5) is 0. The van der Waals surface area contributed by atoms with Gasteiger partial charge in [0.1, 0.15) is 0 Å². The molecule has 0 N–H and O–H groups in total. The number of aryl methyl sites for hydroxylation is 1. The maximum absolute atomic E-state index is 6.02. The molecular weight excluding hydrogens is 320 g/mol. The number of hydrogen-bond donors (Lipinski definition) is 0. The van der Waals surface area contributed by atoms with Crippen LogP contribution in [0.15, 0.2) is 42.5 Å². The third kappa shape index (κ3) is 3.22. The van der Waals surface area contributed by atoms with Gasteiger partial charge in [0.05, 0.1) is 13.2 Å². The van der Waals surface area contributed by atoms with Crippen molar-refractivity contribution in [2.45, 2.75) is 12.8 Å². The maximum atomic E-state index is 6.02. The highest BCUT2D eigenvalue weighted by atomic mass is 35.5. The minimum Gasteiger partial charge on any atom is -0.379 e. The molecule has 0 saturated carbocycles. The summed E-state index contributed by atoms with van der Waals surface area (Å²) in [6.45, 7) is 8.10. The van der Waals surface area contributed by atoms with Crippen LogP contribution in [-0.2, 0) is 4.74 Å². The zero-order chi connectivity index (χ0) is 16.5. The van der Waals surface area contributed by atoms with Gasteiger partial charge in [-0.05, 0) is 41.3 Å². The van der Waals surface area contributed by atoms with Crippen LogP contribution in [0.3, 0.4) is 0 Å². The summed E-state index contributed by atoms with van der Waals surface area (Å²) in [6.07, 6.45) is 0. The highest BCUT2D eigenvalue weighted by Gasteiger charge is 2.32. The third-order valence-electron chi connectivity index (χ3n) is 5.15. The van der Waals surface area contributed by atoms with Crippen molar-refractivity contribution in [3.05, 3.63) is 58.6 Å². The molecular formula is C20H23ClN2O. The second-order valence-corrected chi connectivity index (χ2v) is 7.15. The van der Waals surface area contributed by atoms with Crippen molar-refractivity contribution in [3.63, 3.8) is 0 Å². The molecule has 2 aliphatic heterocycles. The number of benzene rings is 2. The molecule has 0 aliphatic carbocycles. The fourth-order valence-electron chi connectivity index (χ4n) is 3.80. The molecule has 2 aromatic carbocycles. The van der Waals surface area contributed by atoms with Crippen LogP contribution in [0.25, 0.3) is 11.1 Å². The Balaban J connectivity index is 1.61. The Morgan fingerprint density at radius 2 is 1.54 bits per heavy atom. The van der Waals surface area contributed by atoms with E-state index in [1.165, 1.54) is 22.3 Å². The first-order valence-corrected chi connectivity index (χ1v) is 9.02. The predicted molar refractivity (Wildman–Crippen MR) is 98.3 cm³/mol. The van der Waals surface area contributed by atoms with Crippen molar-refractivity contribution < 1.29 is 4.74 Å². The molecule has 3 nitrogen and oxygen atoms in total. The van der Waals surface area contributed by atoms with Gasteiger partial charge in [-0.15, -0.1) is 0 Å². The summed E-state index contributed by atoms with van der Waals surface area (Å²) in [6, 6.07) is 14.9. The van der Waals surface area contributed by atoms with E-state index in [1.807, 2.05) is 12.1 Å². The van der Waals surface area contributed by atoms with Gasteiger partial charge in [-0.25, -0.2) is 10.0 Å². The van der Waals surface area contributed by atoms with Crippen molar-refractivity contribution in [3.8, 4) is 11.1 Å². The first kappa shape index (κ1) is 16.1. The van der Waals surface area contributed by atoms with E-state index in [4.69, 9.17) is 16.3 Å². The van der Waals surface area contributed by atoms with Crippen LogP contribution in [0.4, 0.5) is 0 Å². The molecule has 0 radical (unpaired) electrons. The Labute approximate surface area is 148 Å². The molecule has 4 heteroatoms. The molecule has 2 heterocycles. The van der Waals surface area contributed by atoms with Crippen LogP contribution in [0.1, 0.15) is 17.0 Å². The monoisotopic (exact) mass is 342 g/mol. The average Bonchev–Trinajstić information content (AvgIpc) is 2.86. The first-order valence-electron chi connectivity index (χ1n) is 8.65. The average molecular weight is 343 g/mol. The lowest BCUT2D eigenvalue weighted by Crippen LogP contribution is -2.37. The van der Waals surface area contributed by atoms with Crippen molar-refractivity contribution in [2.24, 2.45) is 0 Å². The number of nitrogens with zero attached hydrogens (tertiary/aromatic N) is 2. The van der Waals surface area contributed by atoms with Gasteiger partial charge in [0, 0.05) is 37.1 Å². The summed E-state index contributed by atoms with van der Waals surface area (Å²) in [5, 5.41) is 5.71. The normalized spacial score (nSPS) is 20.1. The number of fused-ring (bicyclic) bond motifs is 1. The summed E-state index contributed by atoms with van der Waals surface area (Å²) in [7, 11) is 0. The highest BCUT2D eigenvalue weighted by Crippen LogP contribution is 2.32. The molecule has 0 atom stereocenters. The second-order valence-electron chi connectivity index (χ2n) is 6.71. The molecule has 0 unspecified atom stereocenters. The van der Waals surface area contributed by atoms with E-state index in [-0.39, 0.29) is 0 Å². The van der Waals surface area contributed by atoms with Crippen LogP contribution in [0.5, 0.6) is 0 Å². The van der Waals surface area contributed by atoms with Gasteiger partial charge in [-0.3, -0.25) is 0 Å². The Hall–Kier alpha value is -1.39. The first-order chi connectivity index (χ1) is 11.7. The zero-order valence-corrected chi connectivity index (χ0v) is 14.8. The molecule has 126 valence electrons. The van der Waals surface area contributed by atoms with Crippen LogP contribution in [0, 0.1) is 6.92 Å². The molecule has 2 saturated heterocycles. The summed E-state index contributed by atoms with van der Waals surface area (Å²) < 4.78 is 5.59. The fraction of sp³-hybridized carbons (Fsp3) is 0.400. The van der Waals surface area contributed by atoms with E-state index in [0.717, 1.165) is 44.4 Å². The van der Waals surface area contributed by atoms with Gasteiger partial charge in [-0.2, -0.15) is 0 Å². The molecule has 0 spiro atoms. The van der Waals surface area contributed by atoms with E-state index < -0.39 is 0 Å². The van der Waals surface area contributed by atoms with Gasteiger partial charge >= 0.3 is 0 Å². The molecule has 0 amide bonds. The number of halogens is 1. The minimum atomic E-state index is 0.565. The van der Waals surface area contributed by atoms with Crippen molar-refractivity contribution in [2.75, 3.05) is 39.4 Å². The van der Waals surface area contributed by atoms with Crippen molar-refractivity contribution >= 4 is 11.6 Å². The predicted octanol–water partition coefficient (Wildman–Crippen LogP) is 3.96. The number of hydrogen-bond acceptors (Lipinski definition) is 3. The lowest BCUT2D eigenvalue weighted by Gasteiger charge is -2.23. The largest absolute Gasteiger partial charge is 0.379 e. The third-order valence-corrected chi connectivity index (χ3v) is 5.40. The number of rotatable bonds is 2. The molecule has 0 bridgehead atoms. The molecule has 2 fully saturated rings. The summed E-state index contributed by atoms with van der Waals surface area (Å²) >= 11 is 6.02. The topological polar surface area (TPSA) is 15.7 Å². The summed E-state index contributed by atoms with van der Waals surface area (Å²) in [5.74, 6) is 0.565. The Morgan fingerprint density at radius 3 is 2.21 bits per heavy atom. The van der Waals surface area contributed by atoms with E-state index in [2.05, 4.69) is 47.3 Å². The SMILES string of the molecule is Cc1ccc(-c2ccc(Cl)cc2)cc1C1CN2CCOCCN2C1. The lowest BCUT2D eigenvalue weighted by molar-refractivity contribution is 0.0439. The number of hydrazine groups is 1. The van der Waals surface area contributed by atoms with Crippen LogP contribution in [-0.4, -0.2) is 49.4 Å². The Bertz CT molecular complexity index is 702. The van der Waals surface area contributed by atoms with Gasteiger partial charge < -0.3 is 4.74 Å².